The number of pyridine rings is 1. The molecule has 29 heavy (non-hydrogen) atoms. The summed E-state index contributed by atoms with van der Waals surface area (Å²) in [5, 5.41) is 0. The van der Waals surface area contributed by atoms with E-state index in [1.54, 1.807) is 20.0 Å². The van der Waals surface area contributed by atoms with Crippen LogP contribution in [0.3, 0.4) is 0 Å². The lowest BCUT2D eigenvalue weighted by Gasteiger charge is -2.25. The molecule has 160 valence electrons. The van der Waals surface area contributed by atoms with Crippen LogP contribution in [0, 0.1) is 17.8 Å². The predicted molar refractivity (Wildman–Crippen MR) is 111 cm³/mol. The van der Waals surface area contributed by atoms with E-state index in [-0.39, 0.29) is 0 Å². The third-order valence-corrected chi connectivity index (χ3v) is 7.46. The van der Waals surface area contributed by atoms with Crippen LogP contribution < -0.4 is 4.74 Å². The first-order valence-electron chi connectivity index (χ1n) is 10.2. The van der Waals surface area contributed by atoms with Crippen LogP contribution in [0.1, 0.15) is 26.0 Å². The molecule has 0 spiro atoms. The van der Waals surface area contributed by atoms with Crippen molar-refractivity contribution in [2.45, 2.75) is 25.9 Å². The molecule has 1 saturated heterocycles. The SMILES string of the molecule is CC(C)(F)CN1C[C@@H]2C(COc3ccc(C4=CCN(S(C)(=O)=O)CC4)nc3)[C@@H]2C1. The summed E-state index contributed by atoms with van der Waals surface area (Å²) in [6.07, 6.45) is 5.58. The zero-order valence-electron chi connectivity index (χ0n) is 17.3. The summed E-state index contributed by atoms with van der Waals surface area (Å²) >= 11 is 0. The maximum absolute atomic E-state index is 13.8. The minimum absolute atomic E-state index is 0.398. The van der Waals surface area contributed by atoms with Crippen LogP contribution >= 0.6 is 0 Å². The molecule has 1 unspecified atom stereocenters. The zero-order valence-corrected chi connectivity index (χ0v) is 18.2. The van der Waals surface area contributed by atoms with Crippen molar-refractivity contribution in [1.82, 2.24) is 14.2 Å². The number of nitrogens with zero attached hydrogens (tertiary/aromatic N) is 3. The Bertz CT molecular complexity index is 867. The van der Waals surface area contributed by atoms with E-state index >= 15 is 0 Å². The van der Waals surface area contributed by atoms with Gasteiger partial charge in [0.1, 0.15) is 11.4 Å². The van der Waals surface area contributed by atoms with Crippen molar-refractivity contribution in [3.05, 3.63) is 30.1 Å². The molecule has 2 aliphatic heterocycles. The fourth-order valence-corrected chi connectivity index (χ4v) is 5.45. The maximum atomic E-state index is 13.8. The Kier molecular flexibility index (Phi) is 5.46. The molecule has 8 heteroatoms. The Morgan fingerprint density at radius 1 is 1.28 bits per heavy atom. The molecule has 3 atom stereocenters. The summed E-state index contributed by atoms with van der Waals surface area (Å²) in [6, 6.07) is 3.87. The number of fused-ring (bicyclic) bond motifs is 1. The average Bonchev–Trinajstić information content (AvgIpc) is 3.10. The lowest BCUT2D eigenvalue weighted by atomic mass is 10.1. The van der Waals surface area contributed by atoms with Crippen molar-refractivity contribution in [2.24, 2.45) is 17.8 Å². The highest BCUT2D eigenvalue weighted by Crippen LogP contribution is 2.52. The van der Waals surface area contributed by atoms with Crippen molar-refractivity contribution < 1.29 is 17.5 Å². The fourth-order valence-electron chi connectivity index (χ4n) is 4.68. The number of sulfonamides is 1. The largest absolute Gasteiger partial charge is 0.492 e. The van der Waals surface area contributed by atoms with Crippen molar-refractivity contribution in [1.29, 1.82) is 0 Å². The van der Waals surface area contributed by atoms with E-state index < -0.39 is 15.7 Å². The molecule has 1 aromatic rings. The first kappa shape index (κ1) is 20.8. The van der Waals surface area contributed by atoms with Crippen LogP contribution in [0.25, 0.3) is 5.57 Å². The third kappa shape index (κ3) is 4.98. The standard InChI is InChI=1S/C21H30FN3O3S/c1-21(2,22)14-24-11-17-18(12-24)19(17)13-28-16-4-5-20(23-10-16)15-6-8-25(9-7-15)29(3,26)27/h4-6,10,17-19H,7-9,11-14H2,1-3H3/t17-,18+,19?. The number of ether oxygens (including phenoxy) is 1. The summed E-state index contributed by atoms with van der Waals surface area (Å²) in [7, 11) is -3.14. The van der Waals surface area contributed by atoms with Crippen molar-refractivity contribution in [3.63, 3.8) is 0 Å². The average molecular weight is 424 g/mol. The molecule has 4 rings (SSSR count). The van der Waals surface area contributed by atoms with E-state index in [1.165, 1.54) is 10.6 Å². The fraction of sp³-hybridized carbons (Fsp3) is 0.667. The molecule has 0 bridgehead atoms. The van der Waals surface area contributed by atoms with Gasteiger partial charge in [-0.05, 0) is 49.8 Å². The van der Waals surface area contributed by atoms with Gasteiger partial charge in [-0.2, -0.15) is 4.31 Å². The number of hydrogen-bond donors (Lipinski definition) is 0. The van der Waals surface area contributed by atoms with Crippen LogP contribution in [0.5, 0.6) is 5.75 Å². The van der Waals surface area contributed by atoms with Gasteiger partial charge in [-0.1, -0.05) is 6.08 Å². The molecule has 1 saturated carbocycles. The number of likely N-dealkylation sites (tertiary alicyclic amines) is 1. The van der Waals surface area contributed by atoms with Gasteiger partial charge in [0.15, 0.2) is 0 Å². The highest BCUT2D eigenvalue weighted by atomic mass is 32.2. The molecule has 0 amide bonds. The topological polar surface area (TPSA) is 62.7 Å². The number of hydrogen-bond acceptors (Lipinski definition) is 5. The Balaban J connectivity index is 1.24. The summed E-state index contributed by atoms with van der Waals surface area (Å²) in [4.78, 5) is 6.73. The van der Waals surface area contributed by atoms with Crippen LogP contribution in [0.15, 0.2) is 24.4 Å². The normalized spacial score (nSPS) is 28.1. The van der Waals surface area contributed by atoms with Crippen LogP contribution in [0.2, 0.25) is 0 Å². The second-order valence-electron chi connectivity index (χ2n) is 9.19. The number of alkyl halides is 1. The summed E-state index contributed by atoms with van der Waals surface area (Å²) in [5.41, 5.74) is 0.815. The van der Waals surface area contributed by atoms with E-state index in [9.17, 15) is 12.8 Å². The van der Waals surface area contributed by atoms with Gasteiger partial charge in [-0.15, -0.1) is 0 Å². The van der Waals surface area contributed by atoms with Gasteiger partial charge in [-0.25, -0.2) is 12.8 Å². The van der Waals surface area contributed by atoms with Gasteiger partial charge in [0.2, 0.25) is 10.0 Å². The molecule has 0 N–H and O–H groups in total. The molecular formula is C21H30FN3O3S. The smallest absolute Gasteiger partial charge is 0.211 e. The van der Waals surface area contributed by atoms with Gasteiger partial charge < -0.3 is 4.74 Å². The number of aromatic nitrogens is 1. The molecule has 3 heterocycles. The van der Waals surface area contributed by atoms with Gasteiger partial charge in [0.05, 0.1) is 24.8 Å². The van der Waals surface area contributed by atoms with Gasteiger partial charge in [0, 0.05) is 38.6 Å². The van der Waals surface area contributed by atoms with E-state index in [0.717, 1.165) is 30.1 Å². The van der Waals surface area contributed by atoms with Crippen molar-refractivity contribution >= 4 is 15.6 Å². The second-order valence-corrected chi connectivity index (χ2v) is 11.2. The first-order valence-corrected chi connectivity index (χ1v) is 12.1. The van der Waals surface area contributed by atoms with Crippen molar-refractivity contribution in [2.75, 3.05) is 45.6 Å². The summed E-state index contributed by atoms with van der Waals surface area (Å²) < 4.78 is 44.4. The molecule has 0 aromatic carbocycles. The molecular weight excluding hydrogens is 393 g/mol. The molecule has 3 aliphatic rings. The molecule has 0 radical (unpaired) electrons. The lowest BCUT2D eigenvalue weighted by Crippen LogP contribution is -2.36. The van der Waals surface area contributed by atoms with E-state index in [1.807, 2.05) is 18.2 Å². The second kappa shape index (κ2) is 7.63. The first-order chi connectivity index (χ1) is 13.6. The highest BCUT2D eigenvalue weighted by Gasteiger charge is 2.56. The molecule has 1 aromatic heterocycles. The van der Waals surface area contributed by atoms with Gasteiger partial charge in [-0.3, -0.25) is 9.88 Å². The highest BCUT2D eigenvalue weighted by molar-refractivity contribution is 7.88. The molecule has 6 nitrogen and oxygen atoms in total. The van der Waals surface area contributed by atoms with E-state index in [4.69, 9.17) is 4.74 Å². The van der Waals surface area contributed by atoms with Crippen LogP contribution in [-0.4, -0.2) is 73.9 Å². The van der Waals surface area contributed by atoms with E-state index in [2.05, 4.69) is 9.88 Å². The molecule has 1 aliphatic carbocycles. The summed E-state index contributed by atoms with van der Waals surface area (Å²) in [5.74, 6) is 2.59. The maximum Gasteiger partial charge on any atom is 0.211 e. The minimum Gasteiger partial charge on any atom is -0.492 e. The predicted octanol–water partition coefficient (Wildman–Crippen LogP) is 2.44. The minimum atomic E-state index is -3.14. The quantitative estimate of drug-likeness (QED) is 0.674. The lowest BCUT2D eigenvalue weighted by molar-refractivity contribution is 0.126. The Labute approximate surface area is 172 Å². The third-order valence-electron chi connectivity index (χ3n) is 6.20. The van der Waals surface area contributed by atoms with Gasteiger partial charge in [0.25, 0.3) is 0 Å². The number of piperidine rings is 1. The Morgan fingerprint density at radius 2 is 2.00 bits per heavy atom. The summed E-state index contributed by atoms with van der Waals surface area (Å²) in [6.45, 7) is 7.31. The zero-order chi connectivity index (χ0) is 20.8. The number of halogens is 1. The van der Waals surface area contributed by atoms with Crippen LogP contribution in [-0.2, 0) is 10.0 Å². The molecule has 2 fully saturated rings. The van der Waals surface area contributed by atoms with Crippen molar-refractivity contribution in [3.8, 4) is 5.75 Å². The van der Waals surface area contributed by atoms with Gasteiger partial charge >= 0.3 is 0 Å². The van der Waals surface area contributed by atoms with E-state index in [0.29, 0.717) is 50.4 Å². The monoisotopic (exact) mass is 423 g/mol. The van der Waals surface area contributed by atoms with Crippen LogP contribution in [0.4, 0.5) is 4.39 Å². The number of rotatable bonds is 7. The Hall–Kier alpha value is -1.51. The Morgan fingerprint density at radius 3 is 2.52 bits per heavy atom.